The lowest BCUT2D eigenvalue weighted by Crippen LogP contribution is -2.45. The van der Waals surface area contributed by atoms with E-state index in [-0.39, 0.29) is 17.7 Å². The topological polar surface area (TPSA) is 75.6 Å². The van der Waals surface area contributed by atoms with Crippen molar-refractivity contribution in [3.63, 3.8) is 0 Å². The molecule has 0 bridgehead atoms. The van der Waals surface area contributed by atoms with Gasteiger partial charge in [0.25, 0.3) is 5.91 Å². The van der Waals surface area contributed by atoms with E-state index in [1.807, 2.05) is 30.3 Å². The van der Waals surface area contributed by atoms with Gasteiger partial charge in [0.05, 0.1) is 6.42 Å². The maximum absolute atomic E-state index is 12.3. The highest BCUT2D eigenvalue weighted by molar-refractivity contribution is 5.82. The number of benzene rings is 1. The van der Waals surface area contributed by atoms with Crippen LogP contribution in [0.3, 0.4) is 0 Å². The molecule has 1 amide bonds. The molecule has 1 unspecified atom stereocenters. The summed E-state index contributed by atoms with van der Waals surface area (Å²) in [6.45, 7) is 0.394. The number of ether oxygens (including phenoxy) is 1. The summed E-state index contributed by atoms with van der Waals surface area (Å²) < 4.78 is 5.27. The van der Waals surface area contributed by atoms with Gasteiger partial charge in [0.15, 0.2) is 6.10 Å². The molecule has 5 nitrogen and oxygen atoms in total. The third-order valence-corrected chi connectivity index (χ3v) is 4.15. The van der Waals surface area contributed by atoms with Crippen molar-refractivity contribution in [3.05, 3.63) is 35.9 Å². The standard InChI is InChI=1S/C16H21NO4/c1-21-14(12-6-3-2-4-7-12)15(20)17-11-16(8-5-9-16)10-13(18)19/h2-4,6-7,14H,5,8-11H2,1H3,(H,17,20)(H,18,19). The Hall–Kier alpha value is -1.88. The molecule has 0 heterocycles. The fraction of sp³-hybridized carbons (Fsp3) is 0.500. The Bertz CT molecular complexity index is 496. The van der Waals surface area contributed by atoms with Gasteiger partial charge in [0.2, 0.25) is 0 Å². The number of methoxy groups -OCH3 is 1. The molecule has 1 aromatic rings. The second kappa shape index (κ2) is 6.72. The van der Waals surface area contributed by atoms with Crippen molar-refractivity contribution in [1.82, 2.24) is 5.32 Å². The molecule has 0 aromatic heterocycles. The van der Waals surface area contributed by atoms with Gasteiger partial charge in [-0.05, 0) is 23.8 Å². The van der Waals surface area contributed by atoms with E-state index in [0.717, 1.165) is 24.8 Å². The average Bonchev–Trinajstić information content (AvgIpc) is 2.43. The van der Waals surface area contributed by atoms with Crippen LogP contribution in [0.5, 0.6) is 0 Å². The van der Waals surface area contributed by atoms with Gasteiger partial charge in [0, 0.05) is 13.7 Å². The molecule has 0 spiro atoms. The monoisotopic (exact) mass is 291 g/mol. The van der Waals surface area contributed by atoms with Gasteiger partial charge in [-0.25, -0.2) is 0 Å². The summed E-state index contributed by atoms with van der Waals surface area (Å²) in [6.07, 6.45) is 2.17. The van der Waals surface area contributed by atoms with E-state index in [1.165, 1.54) is 7.11 Å². The minimum atomic E-state index is -0.810. The fourth-order valence-electron chi connectivity index (χ4n) is 2.80. The molecule has 2 rings (SSSR count). The average molecular weight is 291 g/mol. The molecule has 1 aliphatic carbocycles. The molecular formula is C16H21NO4. The Morgan fingerprint density at radius 2 is 2.00 bits per heavy atom. The number of carbonyl (C=O) groups is 2. The van der Waals surface area contributed by atoms with Crippen LogP contribution in [0.2, 0.25) is 0 Å². The third-order valence-electron chi connectivity index (χ3n) is 4.15. The van der Waals surface area contributed by atoms with Gasteiger partial charge in [-0.15, -0.1) is 0 Å². The summed E-state index contributed by atoms with van der Waals surface area (Å²) in [5.74, 6) is -1.03. The van der Waals surface area contributed by atoms with Crippen LogP contribution in [0, 0.1) is 5.41 Å². The summed E-state index contributed by atoms with van der Waals surface area (Å²) in [4.78, 5) is 23.2. The Morgan fingerprint density at radius 1 is 1.33 bits per heavy atom. The minimum absolute atomic E-state index is 0.107. The largest absolute Gasteiger partial charge is 0.481 e. The summed E-state index contributed by atoms with van der Waals surface area (Å²) in [5.41, 5.74) is 0.509. The van der Waals surface area contributed by atoms with Crippen LogP contribution in [0.1, 0.15) is 37.4 Å². The van der Waals surface area contributed by atoms with E-state index in [2.05, 4.69) is 5.32 Å². The molecular weight excluding hydrogens is 270 g/mol. The lowest BCUT2D eigenvalue weighted by Gasteiger charge is -2.41. The minimum Gasteiger partial charge on any atom is -0.481 e. The van der Waals surface area contributed by atoms with E-state index < -0.39 is 12.1 Å². The first-order valence-corrected chi connectivity index (χ1v) is 7.14. The van der Waals surface area contributed by atoms with E-state index in [1.54, 1.807) is 0 Å². The van der Waals surface area contributed by atoms with Crippen molar-refractivity contribution in [2.75, 3.05) is 13.7 Å². The Labute approximate surface area is 124 Å². The molecule has 1 atom stereocenters. The first-order chi connectivity index (χ1) is 10.1. The van der Waals surface area contributed by atoms with Gasteiger partial charge in [-0.3, -0.25) is 9.59 Å². The van der Waals surface area contributed by atoms with Gasteiger partial charge >= 0.3 is 5.97 Å². The number of hydrogen-bond acceptors (Lipinski definition) is 3. The summed E-state index contributed by atoms with van der Waals surface area (Å²) in [6, 6.07) is 9.26. The van der Waals surface area contributed by atoms with Gasteiger partial charge in [0.1, 0.15) is 0 Å². The van der Waals surface area contributed by atoms with Crippen molar-refractivity contribution >= 4 is 11.9 Å². The third kappa shape index (κ3) is 3.82. The lowest BCUT2D eigenvalue weighted by atomic mass is 9.66. The maximum atomic E-state index is 12.3. The highest BCUT2D eigenvalue weighted by Gasteiger charge is 2.39. The number of nitrogens with one attached hydrogen (secondary N) is 1. The number of hydrogen-bond donors (Lipinski definition) is 2. The molecule has 5 heteroatoms. The van der Waals surface area contributed by atoms with Crippen LogP contribution in [0.25, 0.3) is 0 Å². The molecule has 2 N–H and O–H groups in total. The van der Waals surface area contributed by atoms with Gasteiger partial charge < -0.3 is 15.2 Å². The number of carbonyl (C=O) groups excluding carboxylic acids is 1. The Kier molecular flexibility index (Phi) is 4.96. The molecule has 114 valence electrons. The first kappa shape index (κ1) is 15.5. The van der Waals surface area contributed by atoms with Crippen molar-refractivity contribution in [2.24, 2.45) is 5.41 Å². The Balaban J connectivity index is 1.95. The summed E-state index contributed by atoms with van der Waals surface area (Å²) >= 11 is 0. The van der Waals surface area contributed by atoms with E-state index in [0.29, 0.717) is 6.54 Å². The van der Waals surface area contributed by atoms with Gasteiger partial charge in [-0.1, -0.05) is 36.8 Å². The summed E-state index contributed by atoms with van der Waals surface area (Å²) in [7, 11) is 1.49. The van der Waals surface area contributed by atoms with E-state index in [9.17, 15) is 9.59 Å². The number of carboxylic acids is 1. The number of carboxylic acid groups (broad SMARTS) is 1. The molecule has 0 radical (unpaired) electrons. The molecule has 1 saturated carbocycles. The molecule has 1 aliphatic rings. The predicted molar refractivity (Wildman–Crippen MR) is 77.7 cm³/mol. The molecule has 1 aromatic carbocycles. The molecule has 21 heavy (non-hydrogen) atoms. The van der Waals surface area contributed by atoms with Crippen LogP contribution in [-0.2, 0) is 14.3 Å². The molecule has 0 saturated heterocycles. The van der Waals surface area contributed by atoms with Crippen LogP contribution < -0.4 is 5.32 Å². The predicted octanol–water partition coefficient (Wildman–Crippen LogP) is 2.14. The number of rotatable bonds is 7. The smallest absolute Gasteiger partial charge is 0.303 e. The SMILES string of the molecule is COC(C(=O)NCC1(CC(=O)O)CCC1)c1ccccc1. The van der Waals surface area contributed by atoms with E-state index >= 15 is 0 Å². The first-order valence-electron chi connectivity index (χ1n) is 7.14. The van der Waals surface area contributed by atoms with Crippen molar-refractivity contribution < 1.29 is 19.4 Å². The zero-order chi connectivity index (χ0) is 15.3. The van der Waals surface area contributed by atoms with E-state index in [4.69, 9.17) is 9.84 Å². The molecule has 1 fully saturated rings. The Morgan fingerprint density at radius 3 is 2.48 bits per heavy atom. The van der Waals surface area contributed by atoms with Crippen molar-refractivity contribution in [1.29, 1.82) is 0 Å². The van der Waals surface area contributed by atoms with Crippen LogP contribution in [0.4, 0.5) is 0 Å². The van der Waals surface area contributed by atoms with Crippen molar-refractivity contribution in [3.8, 4) is 0 Å². The lowest BCUT2D eigenvalue weighted by molar-refractivity contribution is -0.142. The highest BCUT2D eigenvalue weighted by atomic mass is 16.5. The maximum Gasteiger partial charge on any atom is 0.303 e. The second-order valence-electron chi connectivity index (χ2n) is 5.67. The number of aliphatic carboxylic acids is 1. The highest BCUT2D eigenvalue weighted by Crippen LogP contribution is 2.43. The zero-order valence-electron chi connectivity index (χ0n) is 12.2. The zero-order valence-corrected chi connectivity index (χ0v) is 12.2. The second-order valence-corrected chi connectivity index (χ2v) is 5.67. The van der Waals surface area contributed by atoms with Crippen LogP contribution in [-0.4, -0.2) is 30.6 Å². The van der Waals surface area contributed by atoms with Gasteiger partial charge in [-0.2, -0.15) is 0 Å². The van der Waals surface area contributed by atoms with Crippen LogP contribution in [0.15, 0.2) is 30.3 Å². The quantitative estimate of drug-likeness (QED) is 0.807. The normalized spacial score (nSPS) is 17.6. The fourth-order valence-corrected chi connectivity index (χ4v) is 2.80. The van der Waals surface area contributed by atoms with Crippen molar-refractivity contribution in [2.45, 2.75) is 31.8 Å². The summed E-state index contributed by atoms with van der Waals surface area (Å²) in [5, 5.41) is 11.8. The molecule has 0 aliphatic heterocycles. The number of amides is 1. The van der Waals surface area contributed by atoms with Crippen LogP contribution >= 0.6 is 0 Å².